The van der Waals surface area contributed by atoms with Gasteiger partial charge in [-0.1, -0.05) is 19.1 Å². The van der Waals surface area contributed by atoms with Gasteiger partial charge in [-0.25, -0.2) is 17.2 Å². The van der Waals surface area contributed by atoms with Gasteiger partial charge in [-0.3, -0.25) is 4.72 Å². The summed E-state index contributed by atoms with van der Waals surface area (Å²) in [6, 6.07) is 8.04. The molecular formula is C27H41ClF2N2O3S. The second-order valence-electron chi connectivity index (χ2n) is 11.4. The Kier molecular flexibility index (Phi) is 8.03. The molecule has 1 unspecified atom stereocenters. The minimum Gasteiger partial charge on any atom is -0.375 e. The maximum Gasteiger partial charge on any atom is 0.248 e. The zero-order valence-corrected chi connectivity index (χ0v) is 23.1. The predicted octanol–water partition coefficient (Wildman–Crippen LogP) is 5.99. The molecule has 1 aliphatic heterocycles. The van der Waals surface area contributed by atoms with Gasteiger partial charge < -0.3 is 9.64 Å². The standard InChI is InChI=1S/C27H40F2N2O3S.ClH/c1-3-27(20-7-5-8-21(17-20)30-35(32,33)22-9-10-22)23-18-31(19-24(23)27)16-6-11-25(34-4-2)12-14-26(28,29)15-13-25;/h5,7-8,17,22-24,30H,3-4,6,9-16,18-19H2,1-2H3;1H/t23-,24+,27?;. The molecule has 1 aromatic rings. The molecule has 5 nitrogen and oxygen atoms in total. The molecule has 3 aliphatic carbocycles. The van der Waals surface area contributed by atoms with Crippen molar-refractivity contribution in [3.05, 3.63) is 29.8 Å². The van der Waals surface area contributed by atoms with Crippen LogP contribution in [0.3, 0.4) is 0 Å². The third kappa shape index (κ3) is 5.43. The van der Waals surface area contributed by atoms with Crippen LogP contribution in [0.1, 0.15) is 77.2 Å². The van der Waals surface area contributed by atoms with Crippen LogP contribution in [0, 0.1) is 11.8 Å². The average Bonchev–Trinajstić information content (AvgIpc) is 3.72. The summed E-state index contributed by atoms with van der Waals surface area (Å²) in [6.45, 7) is 7.87. The van der Waals surface area contributed by atoms with Crippen LogP contribution in [-0.2, 0) is 20.2 Å². The first-order valence-electron chi connectivity index (χ1n) is 13.5. The third-order valence-electron chi connectivity index (χ3n) is 9.27. The second-order valence-corrected chi connectivity index (χ2v) is 13.3. The van der Waals surface area contributed by atoms with E-state index in [9.17, 15) is 17.2 Å². The maximum absolute atomic E-state index is 13.7. The third-order valence-corrected chi connectivity index (χ3v) is 11.1. The first-order valence-corrected chi connectivity index (χ1v) is 15.0. The van der Waals surface area contributed by atoms with Gasteiger partial charge >= 0.3 is 0 Å². The molecule has 0 aromatic heterocycles. The minimum atomic E-state index is -3.26. The number of anilines is 1. The molecule has 5 rings (SSSR count). The number of alkyl halides is 2. The van der Waals surface area contributed by atoms with Gasteiger partial charge in [-0.2, -0.15) is 0 Å². The highest BCUT2D eigenvalue weighted by Gasteiger charge is 2.67. The maximum atomic E-state index is 13.7. The molecule has 36 heavy (non-hydrogen) atoms. The SMILES string of the molecule is CCOC1(CCCN2C[C@@H]3[C@H](C2)C3(CC)c2cccc(NS(=O)(=O)C3CC3)c2)CCC(F)(F)CC1.Cl. The van der Waals surface area contributed by atoms with Crippen LogP contribution in [-0.4, -0.2) is 56.3 Å². The van der Waals surface area contributed by atoms with E-state index >= 15 is 0 Å². The number of nitrogens with one attached hydrogen (secondary N) is 1. The van der Waals surface area contributed by atoms with E-state index in [1.54, 1.807) is 0 Å². The van der Waals surface area contributed by atoms with Gasteiger partial charge in [0.1, 0.15) is 0 Å². The quantitative estimate of drug-likeness (QED) is 0.370. The van der Waals surface area contributed by atoms with E-state index in [0.717, 1.165) is 51.7 Å². The molecule has 3 atom stereocenters. The van der Waals surface area contributed by atoms with E-state index in [2.05, 4.69) is 28.7 Å². The van der Waals surface area contributed by atoms with E-state index in [0.29, 0.717) is 37.0 Å². The number of fused-ring (bicyclic) bond motifs is 1. The zero-order chi connectivity index (χ0) is 24.9. The van der Waals surface area contributed by atoms with Crippen LogP contribution in [0.25, 0.3) is 0 Å². The van der Waals surface area contributed by atoms with Crippen molar-refractivity contribution in [3.8, 4) is 0 Å². The molecule has 0 spiro atoms. The zero-order valence-electron chi connectivity index (χ0n) is 21.5. The van der Waals surface area contributed by atoms with E-state index < -0.39 is 15.9 Å². The highest BCUT2D eigenvalue weighted by Crippen LogP contribution is 2.65. The Morgan fingerprint density at radius 1 is 1.08 bits per heavy atom. The molecule has 1 heterocycles. The average molecular weight is 547 g/mol. The van der Waals surface area contributed by atoms with Crippen LogP contribution in [0.5, 0.6) is 0 Å². The van der Waals surface area contributed by atoms with Crippen LogP contribution in [0.15, 0.2) is 24.3 Å². The number of hydrogen-bond acceptors (Lipinski definition) is 4. The Hall–Kier alpha value is -0.960. The summed E-state index contributed by atoms with van der Waals surface area (Å²) in [5.41, 5.74) is 1.70. The Labute approximate surface area is 221 Å². The van der Waals surface area contributed by atoms with Crippen LogP contribution in [0.4, 0.5) is 14.5 Å². The van der Waals surface area contributed by atoms with E-state index in [-0.39, 0.29) is 41.5 Å². The molecule has 0 radical (unpaired) electrons. The number of piperidine rings is 1. The molecule has 0 bridgehead atoms. The Bertz CT molecular complexity index is 1010. The van der Waals surface area contributed by atoms with Crippen molar-refractivity contribution in [1.82, 2.24) is 4.90 Å². The lowest BCUT2D eigenvalue weighted by Gasteiger charge is -2.40. The Morgan fingerprint density at radius 2 is 1.75 bits per heavy atom. The van der Waals surface area contributed by atoms with Crippen LogP contribution < -0.4 is 4.72 Å². The molecule has 0 amide bonds. The highest BCUT2D eigenvalue weighted by atomic mass is 35.5. The highest BCUT2D eigenvalue weighted by molar-refractivity contribution is 7.93. The molecule has 4 fully saturated rings. The number of benzene rings is 1. The lowest BCUT2D eigenvalue weighted by molar-refractivity contribution is -0.134. The van der Waals surface area contributed by atoms with Crippen molar-refractivity contribution in [1.29, 1.82) is 0 Å². The van der Waals surface area contributed by atoms with Gasteiger partial charge in [-0.05, 0) is 87.9 Å². The molecule has 1 N–H and O–H groups in total. The van der Waals surface area contributed by atoms with Crippen LogP contribution in [0.2, 0.25) is 0 Å². The molecule has 1 saturated heterocycles. The van der Waals surface area contributed by atoms with E-state index in [1.165, 1.54) is 5.56 Å². The summed E-state index contributed by atoms with van der Waals surface area (Å²) in [6.07, 6.45) is 5.19. The monoisotopic (exact) mass is 546 g/mol. The summed E-state index contributed by atoms with van der Waals surface area (Å²) < 4.78 is 61.0. The van der Waals surface area contributed by atoms with Gasteiger partial charge in [0, 0.05) is 43.6 Å². The largest absolute Gasteiger partial charge is 0.375 e. The number of hydrogen-bond donors (Lipinski definition) is 1. The summed E-state index contributed by atoms with van der Waals surface area (Å²) >= 11 is 0. The first kappa shape index (κ1) is 28.1. The smallest absolute Gasteiger partial charge is 0.248 e. The number of rotatable bonds is 11. The summed E-state index contributed by atoms with van der Waals surface area (Å²) in [5, 5.41) is -0.230. The fraction of sp³-hybridized carbons (Fsp3) is 0.778. The lowest BCUT2D eigenvalue weighted by atomic mass is 9.79. The topological polar surface area (TPSA) is 58.6 Å². The van der Waals surface area contributed by atoms with Crippen LogP contribution >= 0.6 is 12.4 Å². The summed E-state index contributed by atoms with van der Waals surface area (Å²) in [4.78, 5) is 2.53. The number of ether oxygens (including phenoxy) is 1. The lowest BCUT2D eigenvalue weighted by Crippen LogP contribution is -2.41. The van der Waals surface area contributed by atoms with Crippen molar-refractivity contribution >= 4 is 28.1 Å². The normalized spacial score (nSPS) is 30.9. The summed E-state index contributed by atoms with van der Waals surface area (Å²) in [7, 11) is -3.26. The molecule has 4 aliphatic rings. The molecular weight excluding hydrogens is 506 g/mol. The van der Waals surface area contributed by atoms with Crippen molar-refractivity contribution in [3.63, 3.8) is 0 Å². The second kappa shape index (κ2) is 10.3. The number of sulfonamides is 1. The van der Waals surface area contributed by atoms with Crippen molar-refractivity contribution in [2.75, 3.05) is 31.0 Å². The first-order chi connectivity index (χ1) is 16.6. The van der Waals surface area contributed by atoms with Crippen molar-refractivity contribution in [2.45, 2.75) is 93.8 Å². The van der Waals surface area contributed by atoms with Crippen molar-refractivity contribution in [2.24, 2.45) is 11.8 Å². The molecule has 1 aromatic carbocycles. The number of nitrogens with zero attached hydrogens (tertiary/aromatic N) is 1. The van der Waals surface area contributed by atoms with Gasteiger partial charge in [0.2, 0.25) is 15.9 Å². The number of likely N-dealkylation sites (tertiary alicyclic amines) is 1. The Morgan fingerprint density at radius 3 is 2.33 bits per heavy atom. The van der Waals surface area contributed by atoms with Gasteiger partial charge in [0.15, 0.2) is 0 Å². The fourth-order valence-electron chi connectivity index (χ4n) is 7.12. The predicted molar refractivity (Wildman–Crippen MR) is 142 cm³/mol. The van der Waals surface area contributed by atoms with Gasteiger partial charge in [0.05, 0.1) is 10.9 Å². The van der Waals surface area contributed by atoms with E-state index in [1.807, 2.05) is 19.1 Å². The van der Waals surface area contributed by atoms with Crippen molar-refractivity contribution < 1.29 is 21.9 Å². The minimum absolute atomic E-state index is 0. The van der Waals surface area contributed by atoms with Gasteiger partial charge in [0.25, 0.3) is 0 Å². The summed E-state index contributed by atoms with van der Waals surface area (Å²) in [5.74, 6) is -1.34. The molecule has 9 heteroatoms. The fourth-order valence-corrected chi connectivity index (χ4v) is 8.50. The number of halogens is 3. The Balaban J connectivity index is 0.00000304. The van der Waals surface area contributed by atoms with Gasteiger partial charge in [-0.15, -0.1) is 12.4 Å². The molecule has 204 valence electrons. The molecule has 3 saturated carbocycles. The van der Waals surface area contributed by atoms with E-state index in [4.69, 9.17) is 4.74 Å².